The predicted molar refractivity (Wildman–Crippen MR) is 120 cm³/mol. The van der Waals surface area contributed by atoms with Crippen molar-refractivity contribution in [2.75, 3.05) is 5.73 Å². The summed E-state index contributed by atoms with van der Waals surface area (Å²) in [7, 11) is 0. The van der Waals surface area contributed by atoms with Gasteiger partial charge in [0.2, 0.25) is 0 Å². The lowest BCUT2D eigenvalue weighted by molar-refractivity contribution is 0.311. The molecule has 0 unspecified atom stereocenters. The number of ether oxygens (including phenoxy) is 1. The Morgan fingerprint density at radius 3 is 2.35 bits per heavy atom. The lowest BCUT2D eigenvalue weighted by Crippen LogP contribution is -2.29. The lowest BCUT2D eigenvalue weighted by atomic mass is 9.92. The number of nitrogens with one attached hydrogen (secondary N) is 1. The van der Waals surface area contributed by atoms with Crippen molar-refractivity contribution in [3.05, 3.63) is 65.0 Å². The Kier molecular flexibility index (Phi) is 4.91. The number of H-pyrrole nitrogens is 1. The summed E-state index contributed by atoms with van der Waals surface area (Å²) in [5.41, 5.74) is 13.9. The summed E-state index contributed by atoms with van der Waals surface area (Å²) in [6.45, 7) is 0. The van der Waals surface area contributed by atoms with Crippen LogP contribution in [0.4, 0.5) is 5.82 Å². The molecule has 158 valence electrons. The van der Waals surface area contributed by atoms with Crippen LogP contribution in [0.15, 0.2) is 59.4 Å². The van der Waals surface area contributed by atoms with Crippen molar-refractivity contribution in [2.45, 2.75) is 37.8 Å². The molecule has 0 radical (unpaired) electrons. The van der Waals surface area contributed by atoms with Gasteiger partial charge in [-0.2, -0.15) is 10.2 Å². The fourth-order valence-corrected chi connectivity index (χ4v) is 4.23. The van der Waals surface area contributed by atoms with Crippen LogP contribution in [0.2, 0.25) is 0 Å². The molecule has 0 amide bonds. The third kappa shape index (κ3) is 3.66. The normalized spacial score (nSPS) is 18.9. The summed E-state index contributed by atoms with van der Waals surface area (Å²) in [6, 6.07) is 17.5. The van der Waals surface area contributed by atoms with Gasteiger partial charge in [0.1, 0.15) is 22.7 Å². The fraction of sp³-hybridized carbons (Fsp3) is 0.261. The van der Waals surface area contributed by atoms with Crippen molar-refractivity contribution in [2.24, 2.45) is 5.73 Å². The first-order valence-corrected chi connectivity index (χ1v) is 10.5. The highest BCUT2D eigenvalue weighted by Crippen LogP contribution is 2.35. The van der Waals surface area contributed by atoms with Gasteiger partial charge in [-0.1, -0.05) is 18.2 Å². The van der Waals surface area contributed by atoms with Crippen molar-refractivity contribution >= 4 is 16.7 Å². The molecule has 2 aromatic carbocycles. The van der Waals surface area contributed by atoms with E-state index >= 15 is 0 Å². The van der Waals surface area contributed by atoms with Crippen molar-refractivity contribution in [1.82, 2.24) is 20.0 Å². The molecule has 4 aromatic rings. The minimum absolute atomic E-state index is 0.111. The van der Waals surface area contributed by atoms with Crippen molar-refractivity contribution in [3.63, 3.8) is 0 Å². The van der Waals surface area contributed by atoms with Gasteiger partial charge in [-0.25, -0.2) is 5.10 Å². The van der Waals surface area contributed by atoms with E-state index in [4.69, 9.17) is 21.3 Å². The zero-order valence-electron chi connectivity index (χ0n) is 17.0. The van der Waals surface area contributed by atoms with E-state index in [2.05, 4.69) is 10.2 Å². The van der Waals surface area contributed by atoms with E-state index in [9.17, 15) is 4.79 Å². The number of nitrogens with two attached hydrogens (primary N) is 2. The molecule has 1 saturated carbocycles. The van der Waals surface area contributed by atoms with Gasteiger partial charge in [0, 0.05) is 11.6 Å². The number of hydrogen-bond acceptors (Lipinski definition) is 6. The molecular weight excluding hydrogens is 392 g/mol. The highest BCUT2D eigenvalue weighted by atomic mass is 16.5. The second-order valence-electron chi connectivity index (χ2n) is 7.96. The van der Waals surface area contributed by atoms with Gasteiger partial charge >= 0.3 is 0 Å². The molecule has 5 N–H and O–H groups in total. The second-order valence-corrected chi connectivity index (χ2v) is 7.96. The number of aromatic nitrogens is 4. The highest BCUT2D eigenvalue weighted by molar-refractivity contribution is 5.99. The zero-order valence-corrected chi connectivity index (χ0v) is 17.0. The molecular formula is C23H24N6O2. The molecule has 0 spiro atoms. The number of anilines is 1. The molecule has 0 aliphatic heterocycles. The molecule has 0 saturated heterocycles. The van der Waals surface area contributed by atoms with Crippen LogP contribution in [0, 0.1) is 0 Å². The van der Waals surface area contributed by atoms with Gasteiger partial charge in [-0.05, 0) is 62.1 Å². The standard InChI is InChI=1S/C23H24N6O2/c24-15-8-10-16(11-9-15)29-21-19(22(25)26-27-23(21)30)20(28-29)14-6-12-18(13-7-14)31-17-4-2-1-3-5-17/h1-7,12-13,15-16H,8-11,24H2,(H2,25,26)(H,27,30)/t15-,16+. The monoisotopic (exact) mass is 416 g/mol. The number of para-hydroxylation sites is 1. The van der Waals surface area contributed by atoms with Crippen LogP contribution < -0.4 is 21.8 Å². The summed E-state index contributed by atoms with van der Waals surface area (Å²) in [5.74, 6) is 1.73. The van der Waals surface area contributed by atoms with E-state index in [1.807, 2.05) is 59.3 Å². The Bertz CT molecular complexity index is 1260. The molecule has 8 heteroatoms. The number of rotatable bonds is 4. The first kappa shape index (κ1) is 19.3. The summed E-state index contributed by atoms with van der Waals surface area (Å²) >= 11 is 0. The van der Waals surface area contributed by atoms with Gasteiger partial charge < -0.3 is 16.2 Å². The van der Waals surface area contributed by atoms with Gasteiger partial charge in [0.05, 0.1) is 11.4 Å². The number of nitrogen functional groups attached to an aromatic ring is 1. The van der Waals surface area contributed by atoms with Crippen LogP contribution in [0.1, 0.15) is 31.7 Å². The van der Waals surface area contributed by atoms with Crippen LogP contribution in [0.25, 0.3) is 22.2 Å². The van der Waals surface area contributed by atoms with Crippen LogP contribution in [0.5, 0.6) is 11.5 Å². The maximum atomic E-state index is 12.7. The fourth-order valence-electron chi connectivity index (χ4n) is 4.23. The van der Waals surface area contributed by atoms with E-state index in [0.29, 0.717) is 22.3 Å². The summed E-state index contributed by atoms with van der Waals surface area (Å²) in [6.07, 6.45) is 3.57. The first-order chi connectivity index (χ1) is 15.1. The molecule has 0 bridgehead atoms. The zero-order chi connectivity index (χ0) is 21.4. The van der Waals surface area contributed by atoms with Crippen molar-refractivity contribution < 1.29 is 4.74 Å². The van der Waals surface area contributed by atoms with E-state index in [-0.39, 0.29) is 23.5 Å². The lowest BCUT2D eigenvalue weighted by Gasteiger charge is -2.26. The average molecular weight is 416 g/mol. The number of aromatic amines is 1. The Morgan fingerprint density at radius 1 is 0.968 bits per heavy atom. The Morgan fingerprint density at radius 2 is 1.65 bits per heavy atom. The Balaban J connectivity index is 1.55. The van der Waals surface area contributed by atoms with Crippen molar-refractivity contribution in [3.8, 4) is 22.8 Å². The summed E-state index contributed by atoms with van der Waals surface area (Å²) in [5, 5.41) is 11.9. The van der Waals surface area contributed by atoms with E-state index < -0.39 is 0 Å². The third-order valence-electron chi connectivity index (χ3n) is 5.85. The van der Waals surface area contributed by atoms with Crippen LogP contribution in [-0.2, 0) is 0 Å². The van der Waals surface area contributed by atoms with Gasteiger partial charge in [-0.3, -0.25) is 9.48 Å². The van der Waals surface area contributed by atoms with E-state index in [1.54, 1.807) is 0 Å². The number of hydrogen-bond donors (Lipinski definition) is 3. The molecule has 1 aliphatic rings. The smallest absolute Gasteiger partial charge is 0.290 e. The molecule has 2 aromatic heterocycles. The largest absolute Gasteiger partial charge is 0.457 e. The minimum atomic E-state index is -0.290. The maximum Gasteiger partial charge on any atom is 0.290 e. The molecule has 31 heavy (non-hydrogen) atoms. The second kappa shape index (κ2) is 7.88. The average Bonchev–Trinajstić information content (AvgIpc) is 3.20. The Labute approximate surface area is 178 Å². The predicted octanol–water partition coefficient (Wildman–Crippen LogP) is 3.60. The third-order valence-corrected chi connectivity index (χ3v) is 5.85. The minimum Gasteiger partial charge on any atom is -0.457 e. The van der Waals surface area contributed by atoms with Gasteiger partial charge in [-0.15, -0.1) is 0 Å². The molecule has 1 fully saturated rings. The van der Waals surface area contributed by atoms with Gasteiger partial charge in [0.15, 0.2) is 5.82 Å². The molecule has 0 atom stereocenters. The first-order valence-electron chi connectivity index (χ1n) is 10.5. The maximum absolute atomic E-state index is 12.7. The number of benzene rings is 2. The van der Waals surface area contributed by atoms with Crippen LogP contribution in [0.3, 0.4) is 0 Å². The summed E-state index contributed by atoms with van der Waals surface area (Å²) < 4.78 is 7.70. The van der Waals surface area contributed by atoms with E-state index in [1.165, 1.54) is 0 Å². The quantitative estimate of drug-likeness (QED) is 0.467. The molecule has 2 heterocycles. The topological polar surface area (TPSA) is 125 Å². The van der Waals surface area contributed by atoms with Crippen LogP contribution in [-0.4, -0.2) is 26.0 Å². The highest BCUT2D eigenvalue weighted by Gasteiger charge is 2.26. The molecule has 1 aliphatic carbocycles. The summed E-state index contributed by atoms with van der Waals surface area (Å²) in [4.78, 5) is 12.7. The molecule has 8 nitrogen and oxygen atoms in total. The van der Waals surface area contributed by atoms with Crippen LogP contribution >= 0.6 is 0 Å². The van der Waals surface area contributed by atoms with Gasteiger partial charge in [0.25, 0.3) is 5.56 Å². The molecule has 5 rings (SSSR count). The van der Waals surface area contributed by atoms with Crippen molar-refractivity contribution in [1.29, 1.82) is 0 Å². The van der Waals surface area contributed by atoms with E-state index in [0.717, 1.165) is 37.0 Å². The SMILES string of the molecule is Nc1n[nH]c(=O)c2c1c(-c1ccc(Oc3ccccc3)cc1)nn2[C@H]1CC[C@@H](N)CC1. The number of nitrogens with zero attached hydrogens (tertiary/aromatic N) is 3. The Hall–Kier alpha value is -3.65. The number of fused-ring (bicyclic) bond motifs is 1.